The lowest BCUT2D eigenvalue weighted by molar-refractivity contribution is -0.134. The molecule has 0 aliphatic carbocycles. The zero-order valence-electron chi connectivity index (χ0n) is 6.27. The van der Waals surface area contributed by atoms with Crippen LogP contribution in [0.2, 0.25) is 0 Å². The minimum atomic E-state index is -1.13. The normalized spacial score (nSPS) is 11.6. The quantitative estimate of drug-likeness (QED) is 0.621. The van der Waals surface area contributed by atoms with E-state index in [0.717, 1.165) is 6.42 Å². The van der Waals surface area contributed by atoms with Crippen molar-refractivity contribution < 1.29 is 9.90 Å². The van der Waals surface area contributed by atoms with E-state index in [1.807, 2.05) is 6.92 Å². The van der Waals surface area contributed by atoms with Crippen LogP contribution in [0.4, 0.5) is 0 Å². The fraction of sp³-hybridized carbons (Fsp3) is 0.857. The van der Waals surface area contributed by atoms with Crippen LogP contribution in [0.1, 0.15) is 33.6 Å². The lowest BCUT2D eigenvalue weighted by atomic mass is 10.0. The molecule has 0 aromatic heterocycles. The van der Waals surface area contributed by atoms with E-state index in [0.29, 0.717) is 6.42 Å². The Balaban J connectivity index is 3.74. The molecule has 0 spiro atoms. The topological polar surface area (TPSA) is 37.3 Å². The third-order valence-corrected chi connectivity index (χ3v) is 1.16. The molecular formula is C7H14O2. The molecule has 0 aliphatic rings. The molecule has 0 heterocycles. The molecule has 0 saturated heterocycles. The molecular weight excluding hydrogens is 116 g/mol. The third kappa shape index (κ3) is 3.25. The summed E-state index contributed by atoms with van der Waals surface area (Å²) in [6, 6.07) is 0. The standard InChI is InChI=1S/C7H14O2/c1-4-5-6(8)7(2,3)9/h9H,4-5H2,1-3H3. The van der Waals surface area contributed by atoms with E-state index < -0.39 is 5.60 Å². The number of rotatable bonds is 3. The minimum absolute atomic E-state index is 0.0787. The van der Waals surface area contributed by atoms with Crippen LogP contribution in [0.5, 0.6) is 0 Å². The predicted molar refractivity (Wildman–Crippen MR) is 36.2 cm³/mol. The maximum atomic E-state index is 10.8. The van der Waals surface area contributed by atoms with Gasteiger partial charge < -0.3 is 5.11 Å². The van der Waals surface area contributed by atoms with E-state index in [1.54, 1.807) is 0 Å². The lowest BCUT2D eigenvalue weighted by Gasteiger charge is -2.13. The number of hydrogen-bond acceptors (Lipinski definition) is 2. The van der Waals surface area contributed by atoms with Crippen molar-refractivity contribution in [3.63, 3.8) is 0 Å². The molecule has 0 unspecified atom stereocenters. The van der Waals surface area contributed by atoms with Gasteiger partial charge in [0.25, 0.3) is 0 Å². The molecule has 0 atom stereocenters. The number of hydrogen-bond donors (Lipinski definition) is 1. The highest BCUT2D eigenvalue weighted by Crippen LogP contribution is 2.06. The van der Waals surface area contributed by atoms with Gasteiger partial charge in [-0.1, -0.05) is 6.92 Å². The van der Waals surface area contributed by atoms with Crippen molar-refractivity contribution in [1.82, 2.24) is 0 Å². The second kappa shape index (κ2) is 2.97. The summed E-state index contributed by atoms with van der Waals surface area (Å²) in [5.41, 5.74) is -1.13. The Kier molecular flexibility index (Phi) is 2.85. The van der Waals surface area contributed by atoms with Crippen molar-refractivity contribution in [3.8, 4) is 0 Å². The first-order chi connectivity index (χ1) is 3.98. The van der Waals surface area contributed by atoms with E-state index in [9.17, 15) is 4.79 Å². The molecule has 0 fully saturated rings. The summed E-state index contributed by atoms with van der Waals surface area (Å²) in [6.07, 6.45) is 1.28. The minimum Gasteiger partial charge on any atom is -0.383 e. The number of ketones is 1. The molecule has 0 radical (unpaired) electrons. The first-order valence-corrected chi connectivity index (χ1v) is 3.24. The van der Waals surface area contributed by atoms with E-state index >= 15 is 0 Å². The molecule has 54 valence electrons. The first kappa shape index (κ1) is 8.63. The van der Waals surface area contributed by atoms with Crippen molar-refractivity contribution in [1.29, 1.82) is 0 Å². The Labute approximate surface area is 55.9 Å². The largest absolute Gasteiger partial charge is 0.383 e. The van der Waals surface area contributed by atoms with Crippen LogP contribution in [-0.4, -0.2) is 16.5 Å². The number of carbonyl (C=O) groups is 1. The second-order valence-electron chi connectivity index (χ2n) is 2.73. The van der Waals surface area contributed by atoms with Gasteiger partial charge in [0.15, 0.2) is 5.78 Å². The summed E-state index contributed by atoms with van der Waals surface area (Å²) < 4.78 is 0. The fourth-order valence-corrected chi connectivity index (χ4v) is 0.533. The highest BCUT2D eigenvalue weighted by Gasteiger charge is 2.21. The summed E-state index contributed by atoms with van der Waals surface area (Å²) in [5.74, 6) is -0.0787. The second-order valence-corrected chi connectivity index (χ2v) is 2.73. The van der Waals surface area contributed by atoms with E-state index in [1.165, 1.54) is 13.8 Å². The molecule has 0 rings (SSSR count). The fourth-order valence-electron chi connectivity index (χ4n) is 0.533. The van der Waals surface area contributed by atoms with Crippen molar-refractivity contribution in [2.24, 2.45) is 0 Å². The zero-order chi connectivity index (χ0) is 7.49. The number of aliphatic hydroxyl groups is 1. The van der Waals surface area contributed by atoms with Gasteiger partial charge in [-0.05, 0) is 20.3 Å². The Morgan fingerprint density at radius 3 is 2.11 bits per heavy atom. The van der Waals surface area contributed by atoms with Crippen LogP contribution < -0.4 is 0 Å². The molecule has 2 heteroatoms. The van der Waals surface area contributed by atoms with Crippen molar-refractivity contribution in [2.45, 2.75) is 39.2 Å². The molecule has 0 saturated carbocycles. The number of carbonyl (C=O) groups excluding carboxylic acids is 1. The van der Waals surface area contributed by atoms with E-state index in [-0.39, 0.29) is 5.78 Å². The van der Waals surface area contributed by atoms with Crippen LogP contribution in [-0.2, 0) is 4.79 Å². The van der Waals surface area contributed by atoms with Crippen LogP contribution in [0, 0.1) is 0 Å². The van der Waals surface area contributed by atoms with Gasteiger partial charge in [-0.2, -0.15) is 0 Å². The Morgan fingerprint density at radius 1 is 1.56 bits per heavy atom. The van der Waals surface area contributed by atoms with E-state index in [2.05, 4.69) is 0 Å². The Morgan fingerprint density at radius 2 is 2.00 bits per heavy atom. The highest BCUT2D eigenvalue weighted by atomic mass is 16.3. The molecule has 0 aromatic rings. The van der Waals surface area contributed by atoms with Gasteiger partial charge >= 0.3 is 0 Å². The van der Waals surface area contributed by atoms with Crippen molar-refractivity contribution in [3.05, 3.63) is 0 Å². The van der Waals surface area contributed by atoms with Crippen LogP contribution in [0.3, 0.4) is 0 Å². The molecule has 0 aliphatic heterocycles. The van der Waals surface area contributed by atoms with Crippen molar-refractivity contribution >= 4 is 5.78 Å². The highest BCUT2D eigenvalue weighted by molar-refractivity contribution is 5.85. The smallest absolute Gasteiger partial charge is 0.163 e. The monoisotopic (exact) mass is 130 g/mol. The van der Waals surface area contributed by atoms with Gasteiger partial charge in [0, 0.05) is 6.42 Å². The van der Waals surface area contributed by atoms with Gasteiger partial charge in [-0.15, -0.1) is 0 Å². The summed E-state index contributed by atoms with van der Waals surface area (Å²) >= 11 is 0. The molecule has 0 aromatic carbocycles. The van der Waals surface area contributed by atoms with Gasteiger partial charge in [-0.25, -0.2) is 0 Å². The van der Waals surface area contributed by atoms with Crippen LogP contribution >= 0.6 is 0 Å². The molecule has 2 nitrogen and oxygen atoms in total. The molecule has 0 bridgehead atoms. The molecule has 9 heavy (non-hydrogen) atoms. The van der Waals surface area contributed by atoms with Crippen molar-refractivity contribution in [2.75, 3.05) is 0 Å². The Hall–Kier alpha value is -0.370. The van der Waals surface area contributed by atoms with Gasteiger partial charge in [0.1, 0.15) is 5.60 Å². The predicted octanol–water partition coefficient (Wildman–Crippen LogP) is 1.13. The first-order valence-electron chi connectivity index (χ1n) is 3.24. The summed E-state index contributed by atoms with van der Waals surface area (Å²) in [6.45, 7) is 4.96. The maximum absolute atomic E-state index is 10.8. The zero-order valence-corrected chi connectivity index (χ0v) is 6.27. The van der Waals surface area contributed by atoms with Gasteiger partial charge in [-0.3, -0.25) is 4.79 Å². The lowest BCUT2D eigenvalue weighted by Crippen LogP contribution is -2.30. The molecule has 0 amide bonds. The third-order valence-electron chi connectivity index (χ3n) is 1.16. The van der Waals surface area contributed by atoms with Gasteiger partial charge in [0.2, 0.25) is 0 Å². The maximum Gasteiger partial charge on any atom is 0.163 e. The SMILES string of the molecule is CCCC(=O)C(C)(C)O. The van der Waals surface area contributed by atoms with Crippen LogP contribution in [0.25, 0.3) is 0 Å². The number of Topliss-reactive ketones (excluding diaryl/α,β-unsaturated/α-hetero) is 1. The van der Waals surface area contributed by atoms with Gasteiger partial charge in [0.05, 0.1) is 0 Å². The average molecular weight is 130 g/mol. The van der Waals surface area contributed by atoms with E-state index in [4.69, 9.17) is 5.11 Å². The summed E-state index contributed by atoms with van der Waals surface area (Å²) in [5, 5.41) is 9.07. The summed E-state index contributed by atoms with van der Waals surface area (Å²) in [4.78, 5) is 10.8. The molecule has 1 N–H and O–H groups in total. The average Bonchev–Trinajstić information content (AvgIpc) is 1.64. The van der Waals surface area contributed by atoms with Crippen LogP contribution in [0.15, 0.2) is 0 Å². The summed E-state index contributed by atoms with van der Waals surface area (Å²) in [7, 11) is 0. The Bertz CT molecular complexity index is 100.0.